The number of carbonyl (C=O) groups is 2. The van der Waals surface area contributed by atoms with E-state index in [2.05, 4.69) is 6.07 Å². The minimum absolute atomic E-state index is 0.259. The smallest absolute Gasteiger partial charge is 0.340 e. The number of nitrogens with zero attached hydrogens (tertiary/aromatic N) is 1. The Labute approximate surface area is 173 Å². The molecule has 146 valence electrons. The molecule has 0 aliphatic heterocycles. The summed E-state index contributed by atoms with van der Waals surface area (Å²) in [5.74, 6) is -0.429. The van der Waals surface area contributed by atoms with Gasteiger partial charge < -0.3 is 9.14 Å². The van der Waals surface area contributed by atoms with Crippen molar-refractivity contribution in [1.82, 2.24) is 4.40 Å². The lowest BCUT2D eigenvalue weighted by Crippen LogP contribution is -2.06. The van der Waals surface area contributed by atoms with Gasteiger partial charge in [-0.3, -0.25) is 4.79 Å². The number of pyridine rings is 1. The lowest BCUT2D eigenvalue weighted by Gasteiger charge is -2.13. The molecule has 4 nitrogen and oxygen atoms in total. The molecule has 2 heterocycles. The normalized spacial score (nSPS) is 11.2. The second-order valence-electron chi connectivity index (χ2n) is 7.12. The number of hydrogen-bond acceptors (Lipinski definition) is 3. The lowest BCUT2D eigenvalue weighted by molar-refractivity contribution is 0.0529. The molecule has 4 heteroatoms. The van der Waals surface area contributed by atoms with Gasteiger partial charge in [-0.2, -0.15) is 0 Å². The van der Waals surface area contributed by atoms with E-state index in [0.717, 1.165) is 33.4 Å². The quantitative estimate of drug-likeness (QED) is 0.217. The first-order valence-corrected chi connectivity index (χ1v) is 9.90. The Balaban J connectivity index is 2.04. The first-order valence-electron chi connectivity index (χ1n) is 9.90. The van der Waals surface area contributed by atoms with Gasteiger partial charge in [-0.1, -0.05) is 54.6 Å². The number of benzene rings is 3. The molecule has 0 aliphatic rings. The SMILES string of the molecule is CCOC(=O)c1c(-c2c3ccccc3cc3ccccc23)c(C=O)n2ccccc12. The first kappa shape index (κ1) is 18.1. The maximum atomic E-state index is 13.1. The molecule has 0 atom stereocenters. The number of ether oxygens (including phenoxy) is 1. The number of aromatic nitrogens is 1. The minimum atomic E-state index is -0.429. The van der Waals surface area contributed by atoms with Crippen molar-refractivity contribution >= 4 is 39.3 Å². The van der Waals surface area contributed by atoms with Gasteiger partial charge in [0.1, 0.15) is 0 Å². The van der Waals surface area contributed by atoms with E-state index in [-0.39, 0.29) is 6.61 Å². The Morgan fingerprint density at radius 2 is 1.53 bits per heavy atom. The average Bonchev–Trinajstić information content (AvgIpc) is 3.11. The number of hydrogen-bond donors (Lipinski definition) is 0. The zero-order valence-electron chi connectivity index (χ0n) is 16.5. The molecule has 0 aliphatic carbocycles. The molecule has 0 spiro atoms. The maximum absolute atomic E-state index is 13.1. The molecule has 0 saturated heterocycles. The summed E-state index contributed by atoms with van der Waals surface area (Å²) >= 11 is 0. The molecule has 2 aromatic heterocycles. The van der Waals surface area contributed by atoms with E-state index in [4.69, 9.17) is 4.74 Å². The van der Waals surface area contributed by atoms with Crippen molar-refractivity contribution in [3.8, 4) is 11.1 Å². The van der Waals surface area contributed by atoms with E-state index in [1.54, 1.807) is 17.5 Å². The van der Waals surface area contributed by atoms with Crippen LogP contribution in [0.1, 0.15) is 27.8 Å². The van der Waals surface area contributed by atoms with Crippen molar-refractivity contribution in [1.29, 1.82) is 0 Å². The topological polar surface area (TPSA) is 47.8 Å². The summed E-state index contributed by atoms with van der Waals surface area (Å²) in [6.45, 7) is 2.04. The number of aldehydes is 1. The van der Waals surface area contributed by atoms with Gasteiger partial charge in [0.05, 0.1) is 23.4 Å². The van der Waals surface area contributed by atoms with Crippen LogP contribution in [0.25, 0.3) is 38.2 Å². The standard InChI is InChI=1S/C26H19NO3/c1-2-30-26(29)25-21-13-7-8-14-27(21)22(16-28)24(25)23-19-11-5-3-9-17(19)15-18-10-4-6-12-20(18)23/h3-16H,2H2,1H3. The van der Waals surface area contributed by atoms with Gasteiger partial charge >= 0.3 is 5.97 Å². The third-order valence-electron chi connectivity index (χ3n) is 5.49. The fourth-order valence-corrected chi connectivity index (χ4v) is 4.30. The van der Waals surface area contributed by atoms with Gasteiger partial charge in [-0.15, -0.1) is 0 Å². The number of esters is 1. The van der Waals surface area contributed by atoms with Crippen molar-refractivity contribution in [2.45, 2.75) is 6.92 Å². The zero-order valence-corrected chi connectivity index (χ0v) is 16.5. The Kier molecular flexibility index (Phi) is 4.32. The van der Waals surface area contributed by atoms with Crippen molar-refractivity contribution in [2.75, 3.05) is 6.61 Å². The molecule has 3 aromatic carbocycles. The van der Waals surface area contributed by atoms with E-state index in [1.807, 2.05) is 66.7 Å². The summed E-state index contributed by atoms with van der Waals surface area (Å²) in [7, 11) is 0. The molecule has 0 amide bonds. The predicted octanol–water partition coefficient (Wildman–Crippen LogP) is 5.90. The van der Waals surface area contributed by atoms with Crippen LogP contribution in [0.2, 0.25) is 0 Å². The summed E-state index contributed by atoms with van der Waals surface area (Å²) in [5.41, 5.74) is 3.00. The second-order valence-corrected chi connectivity index (χ2v) is 7.12. The van der Waals surface area contributed by atoms with Crippen LogP contribution in [-0.2, 0) is 4.74 Å². The summed E-state index contributed by atoms with van der Waals surface area (Å²) in [5, 5.41) is 4.07. The highest BCUT2D eigenvalue weighted by Crippen LogP contribution is 2.41. The maximum Gasteiger partial charge on any atom is 0.340 e. The largest absolute Gasteiger partial charge is 0.462 e. The van der Waals surface area contributed by atoms with Crippen molar-refractivity contribution < 1.29 is 14.3 Å². The third-order valence-corrected chi connectivity index (χ3v) is 5.49. The molecule has 5 rings (SSSR count). The van der Waals surface area contributed by atoms with E-state index in [9.17, 15) is 9.59 Å². The van der Waals surface area contributed by atoms with Crippen LogP contribution in [0.3, 0.4) is 0 Å². The van der Waals surface area contributed by atoms with E-state index < -0.39 is 5.97 Å². The van der Waals surface area contributed by atoms with Crippen LogP contribution in [-0.4, -0.2) is 23.3 Å². The van der Waals surface area contributed by atoms with Crippen molar-refractivity contribution in [3.63, 3.8) is 0 Å². The molecule has 0 radical (unpaired) electrons. The zero-order chi connectivity index (χ0) is 20.7. The van der Waals surface area contributed by atoms with E-state index in [0.29, 0.717) is 22.3 Å². The molecule has 0 bridgehead atoms. The molecular weight excluding hydrogens is 374 g/mol. The van der Waals surface area contributed by atoms with Crippen LogP contribution < -0.4 is 0 Å². The second kappa shape index (κ2) is 7.16. The van der Waals surface area contributed by atoms with Crippen LogP contribution in [0, 0.1) is 0 Å². The van der Waals surface area contributed by atoms with Gasteiger partial charge in [0, 0.05) is 17.3 Å². The van der Waals surface area contributed by atoms with Crippen molar-refractivity contribution in [2.24, 2.45) is 0 Å². The molecule has 0 N–H and O–H groups in total. The Morgan fingerprint density at radius 1 is 0.900 bits per heavy atom. The lowest BCUT2D eigenvalue weighted by atomic mass is 9.90. The van der Waals surface area contributed by atoms with Crippen molar-refractivity contribution in [3.05, 3.63) is 90.3 Å². The third kappa shape index (κ3) is 2.61. The minimum Gasteiger partial charge on any atom is -0.462 e. The van der Waals surface area contributed by atoms with Crippen LogP contribution in [0.4, 0.5) is 0 Å². The Morgan fingerprint density at radius 3 is 2.17 bits per heavy atom. The summed E-state index contributed by atoms with van der Waals surface area (Å²) in [4.78, 5) is 25.4. The highest BCUT2D eigenvalue weighted by atomic mass is 16.5. The summed E-state index contributed by atoms with van der Waals surface area (Å²) in [6, 6.07) is 23.8. The predicted molar refractivity (Wildman–Crippen MR) is 119 cm³/mol. The Bertz CT molecular complexity index is 1390. The van der Waals surface area contributed by atoms with Gasteiger partial charge in [-0.05, 0) is 46.7 Å². The average molecular weight is 393 g/mol. The fourth-order valence-electron chi connectivity index (χ4n) is 4.30. The van der Waals surface area contributed by atoms with Gasteiger partial charge in [0.15, 0.2) is 6.29 Å². The summed E-state index contributed by atoms with van der Waals surface area (Å²) in [6.07, 6.45) is 2.63. The summed E-state index contributed by atoms with van der Waals surface area (Å²) < 4.78 is 7.18. The molecule has 5 aromatic rings. The van der Waals surface area contributed by atoms with E-state index >= 15 is 0 Å². The monoisotopic (exact) mass is 393 g/mol. The van der Waals surface area contributed by atoms with Crippen LogP contribution in [0.5, 0.6) is 0 Å². The van der Waals surface area contributed by atoms with E-state index in [1.165, 1.54) is 0 Å². The molecular formula is C26H19NO3. The molecule has 0 saturated carbocycles. The highest BCUT2D eigenvalue weighted by Gasteiger charge is 2.27. The number of fused-ring (bicyclic) bond motifs is 3. The molecule has 30 heavy (non-hydrogen) atoms. The fraction of sp³-hybridized carbons (Fsp3) is 0.0769. The molecule has 0 fully saturated rings. The number of rotatable bonds is 4. The van der Waals surface area contributed by atoms with Gasteiger partial charge in [-0.25, -0.2) is 4.79 Å². The Hall–Kier alpha value is -3.92. The molecule has 0 unspecified atom stereocenters. The van der Waals surface area contributed by atoms with Crippen LogP contribution >= 0.6 is 0 Å². The van der Waals surface area contributed by atoms with Gasteiger partial charge in [0.25, 0.3) is 0 Å². The van der Waals surface area contributed by atoms with Gasteiger partial charge in [0.2, 0.25) is 0 Å². The first-order chi connectivity index (χ1) is 14.7. The number of carbonyl (C=O) groups excluding carboxylic acids is 2. The highest BCUT2D eigenvalue weighted by molar-refractivity contribution is 6.19. The van der Waals surface area contributed by atoms with Crippen LogP contribution in [0.15, 0.2) is 79.0 Å².